The summed E-state index contributed by atoms with van der Waals surface area (Å²) < 4.78 is 0. The monoisotopic (exact) mass is 486 g/mol. The first-order valence-electron chi connectivity index (χ1n) is 12.3. The van der Waals surface area contributed by atoms with E-state index in [1.807, 2.05) is 24.3 Å². The predicted octanol–water partition coefficient (Wildman–Crippen LogP) is 1.94. The maximum Gasteiger partial charge on any atom is 0.274 e. The average Bonchev–Trinajstić information content (AvgIpc) is 3.47. The summed E-state index contributed by atoms with van der Waals surface area (Å²) in [4.78, 5) is 36.9. The quantitative estimate of drug-likeness (QED) is 0.418. The van der Waals surface area contributed by atoms with Gasteiger partial charge in [0, 0.05) is 36.7 Å². The number of aliphatic hydroxyl groups is 1. The molecule has 0 bridgehead atoms. The van der Waals surface area contributed by atoms with Crippen LogP contribution in [-0.2, 0) is 6.42 Å². The van der Waals surface area contributed by atoms with Crippen molar-refractivity contribution in [3.8, 4) is 11.3 Å². The maximum atomic E-state index is 13.1. The van der Waals surface area contributed by atoms with Gasteiger partial charge in [-0.25, -0.2) is 9.97 Å². The molecule has 0 unspecified atom stereocenters. The molecule has 9 heteroatoms. The number of likely N-dealkylation sites (N-methyl/N-ethyl adjacent to an activating group) is 1. The Labute approximate surface area is 209 Å². The van der Waals surface area contributed by atoms with E-state index in [2.05, 4.69) is 32.4 Å². The van der Waals surface area contributed by atoms with Gasteiger partial charge < -0.3 is 26.4 Å². The normalized spacial score (nSPS) is 21.2. The number of likely N-dealkylation sites (tertiary alicyclic amines) is 1. The van der Waals surface area contributed by atoms with Crippen molar-refractivity contribution < 1.29 is 14.7 Å². The number of aromatic nitrogens is 2. The third-order valence-electron chi connectivity index (χ3n) is 6.98. The largest absolute Gasteiger partial charge is 0.390 e. The van der Waals surface area contributed by atoms with Crippen molar-refractivity contribution in [2.45, 2.75) is 38.0 Å². The molecule has 0 saturated carbocycles. The zero-order valence-electron chi connectivity index (χ0n) is 20.1. The van der Waals surface area contributed by atoms with E-state index in [4.69, 9.17) is 5.73 Å². The summed E-state index contributed by atoms with van der Waals surface area (Å²) in [5, 5.41) is 16.5. The third kappa shape index (κ3) is 4.80. The number of benzene rings is 2. The van der Waals surface area contributed by atoms with Gasteiger partial charge >= 0.3 is 0 Å². The van der Waals surface area contributed by atoms with E-state index >= 15 is 0 Å². The molecule has 3 atom stereocenters. The molecule has 186 valence electrons. The molecule has 5 rings (SSSR count). The first-order chi connectivity index (χ1) is 17.4. The molecule has 1 aromatic heterocycles. The van der Waals surface area contributed by atoms with E-state index in [0.717, 1.165) is 37.2 Å². The molecule has 2 amide bonds. The number of amides is 2. The van der Waals surface area contributed by atoms with Crippen LogP contribution in [0.25, 0.3) is 11.3 Å². The minimum atomic E-state index is -0.678. The molecule has 2 heterocycles. The van der Waals surface area contributed by atoms with Crippen molar-refractivity contribution in [1.82, 2.24) is 25.5 Å². The maximum absolute atomic E-state index is 13.1. The zero-order chi connectivity index (χ0) is 25.2. The van der Waals surface area contributed by atoms with Crippen LogP contribution in [0, 0.1) is 0 Å². The van der Waals surface area contributed by atoms with E-state index < -0.39 is 12.1 Å². The van der Waals surface area contributed by atoms with Crippen LogP contribution in [0.15, 0.2) is 54.7 Å². The number of aliphatic hydroxyl groups excluding tert-OH is 1. The Hall–Kier alpha value is -3.82. The van der Waals surface area contributed by atoms with Crippen LogP contribution in [0.3, 0.4) is 0 Å². The van der Waals surface area contributed by atoms with Crippen LogP contribution in [0.4, 0.5) is 5.82 Å². The molecule has 1 fully saturated rings. The van der Waals surface area contributed by atoms with E-state index in [1.165, 1.54) is 6.20 Å². The summed E-state index contributed by atoms with van der Waals surface area (Å²) in [6.45, 7) is 4.79. The summed E-state index contributed by atoms with van der Waals surface area (Å²) in [6.07, 6.45) is 2.20. The lowest BCUT2D eigenvalue weighted by atomic mass is 10.1. The minimum absolute atomic E-state index is 0.0467. The van der Waals surface area contributed by atoms with E-state index in [-0.39, 0.29) is 29.4 Å². The third-order valence-corrected chi connectivity index (χ3v) is 6.98. The van der Waals surface area contributed by atoms with Gasteiger partial charge in [0.15, 0.2) is 11.5 Å². The number of nitrogens with one attached hydrogen (secondary N) is 2. The lowest BCUT2D eigenvalue weighted by Crippen LogP contribution is -2.38. The van der Waals surface area contributed by atoms with Crippen molar-refractivity contribution in [2.75, 3.05) is 25.4 Å². The summed E-state index contributed by atoms with van der Waals surface area (Å²) in [5.41, 5.74) is 9.51. The molecule has 2 aromatic carbocycles. The SMILES string of the molecule is CCN1CC[C@H](NC(=O)c2nc(-c3cccc(C(=O)N[C@@H]4c5ccccc5C[C@@H]4O)c3)cnc2N)C1. The Morgan fingerprint density at radius 3 is 2.78 bits per heavy atom. The Balaban J connectivity index is 1.33. The molecule has 0 radical (unpaired) electrons. The Bertz CT molecular complexity index is 1300. The molecular formula is C27H30N6O3. The number of nitrogens with zero attached hydrogens (tertiary/aromatic N) is 3. The lowest BCUT2D eigenvalue weighted by molar-refractivity contribution is 0.0857. The van der Waals surface area contributed by atoms with Crippen molar-refractivity contribution in [3.63, 3.8) is 0 Å². The van der Waals surface area contributed by atoms with E-state index in [1.54, 1.807) is 24.3 Å². The van der Waals surface area contributed by atoms with Crippen molar-refractivity contribution in [3.05, 3.63) is 77.1 Å². The number of anilines is 1. The van der Waals surface area contributed by atoms with Gasteiger partial charge in [-0.15, -0.1) is 0 Å². The number of carbonyl (C=O) groups excluding carboxylic acids is 2. The van der Waals surface area contributed by atoms with Gasteiger partial charge in [-0.1, -0.05) is 43.3 Å². The Morgan fingerprint density at radius 2 is 1.97 bits per heavy atom. The van der Waals surface area contributed by atoms with Gasteiger partial charge in [0.25, 0.3) is 11.8 Å². The molecule has 1 aliphatic carbocycles. The van der Waals surface area contributed by atoms with Crippen molar-refractivity contribution >= 4 is 17.6 Å². The molecule has 5 N–H and O–H groups in total. The molecule has 9 nitrogen and oxygen atoms in total. The molecular weight excluding hydrogens is 456 g/mol. The van der Waals surface area contributed by atoms with E-state index in [9.17, 15) is 14.7 Å². The van der Waals surface area contributed by atoms with Gasteiger partial charge in [0.1, 0.15) is 0 Å². The smallest absolute Gasteiger partial charge is 0.274 e. The number of hydrogen-bond acceptors (Lipinski definition) is 7. The number of carbonyl (C=O) groups is 2. The highest BCUT2D eigenvalue weighted by Gasteiger charge is 2.32. The fourth-order valence-electron chi connectivity index (χ4n) is 4.99. The summed E-state index contributed by atoms with van der Waals surface area (Å²) in [6, 6.07) is 14.2. The molecule has 0 spiro atoms. The number of fused-ring (bicyclic) bond motifs is 1. The van der Waals surface area contributed by atoms with Gasteiger partial charge in [0.2, 0.25) is 0 Å². The average molecular weight is 487 g/mol. The van der Waals surface area contributed by atoms with Crippen LogP contribution >= 0.6 is 0 Å². The molecule has 3 aromatic rings. The molecule has 1 saturated heterocycles. The summed E-state index contributed by atoms with van der Waals surface area (Å²) >= 11 is 0. The number of nitrogen functional groups attached to an aromatic ring is 1. The fraction of sp³-hybridized carbons (Fsp3) is 0.333. The van der Waals surface area contributed by atoms with Crippen molar-refractivity contribution in [1.29, 1.82) is 0 Å². The van der Waals surface area contributed by atoms with Crippen LogP contribution < -0.4 is 16.4 Å². The van der Waals surface area contributed by atoms with Crippen LogP contribution in [0.5, 0.6) is 0 Å². The van der Waals surface area contributed by atoms with Gasteiger partial charge in [0.05, 0.1) is 24.0 Å². The highest BCUT2D eigenvalue weighted by Crippen LogP contribution is 2.31. The first kappa shape index (κ1) is 23.9. The standard InChI is InChI=1S/C27H30N6O3/c1-2-33-11-10-19(15-33)30-27(36)24-25(28)29-14-21(31-24)17-7-5-8-18(12-17)26(35)32-23-20-9-4-3-6-16(20)13-22(23)34/h3-9,12,14,19,22-23,34H,2,10-11,13,15H2,1H3,(H2,28,29)(H,30,36)(H,32,35)/t19-,22-,23+/m0/s1. The second-order valence-electron chi connectivity index (χ2n) is 9.34. The molecule has 1 aliphatic heterocycles. The lowest BCUT2D eigenvalue weighted by Gasteiger charge is -2.18. The Morgan fingerprint density at radius 1 is 1.14 bits per heavy atom. The second kappa shape index (κ2) is 10.0. The van der Waals surface area contributed by atoms with E-state index in [0.29, 0.717) is 23.2 Å². The minimum Gasteiger partial charge on any atom is -0.390 e. The predicted molar refractivity (Wildman–Crippen MR) is 136 cm³/mol. The zero-order valence-corrected chi connectivity index (χ0v) is 20.1. The summed E-state index contributed by atoms with van der Waals surface area (Å²) in [5.74, 6) is -0.599. The number of hydrogen-bond donors (Lipinski definition) is 4. The van der Waals surface area contributed by atoms with Crippen LogP contribution in [-0.4, -0.2) is 63.6 Å². The van der Waals surface area contributed by atoms with Crippen LogP contribution in [0.2, 0.25) is 0 Å². The van der Waals surface area contributed by atoms with Gasteiger partial charge in [-0.05, 0) is 36.2 Å². The highest BCUT2D eigenvalue weighted by molar-refractivity contribution is 5.98. The first-order valence-corrected chi connectivity index (χ1v) is 12.3. The second-order valence-corrected chi connectivity index (χ2v) is 9.34. The van der Waals surface area contributed by atoms with Gasteiger partial charge in [-0.2, -0.15) is 0 Å². The fourth-order valence-corrected chi connectivity index (χ4v) is 4.99. The van der Waals surface area contributed by atoms with Crippen molar-refractivity contribution in [2.24, 2.45) is 0 Å². The molecule has 36 heavy (non-hydrogen) atoms. The Kier molecular flexibility index (Phi) is 6.67. The topological polar surface area (TPSA) is 133 Å². The van der Waals surface area contributed by atoms with Gasteiger partial charge in [-0.3, -0.25) is 9.59 Å². The highest BCUT2D eigenvalue weighted by atomic mass is 16.3. The number of nitrogens with two attached hydrogens (primary N) is 1. The molecule has 2 aliphatic rings. The summed E-state index contributed by atoms with van der Waals surface area (Å²) in [7, 11) is 0. The van der Waals surface area contributed by atoms with Crippen LogP contribution in [0.1, 0.15) is 51.4 Å². The number of rotatable bonds is 6.